The van der Waals surface area contributed by atoms with Crippen molar-refractivity contribution in [3.63, 3.8) is 0 Å². The number of carbonyl (C=O) groups is 2. The second-order valence-corrected chi connectivity index (χ2v) is 5.46. The zero-order chi connectivity index (χ0) is 16.0. The molecule has 21 heavy (non-hydrogen) atoms. The number of halogens is 1. The van der Waals surface area contributed by atoms with Gasteiger partial charge in [0.15, 0.2) is 0 Å². The molecule has 0 spiro atoms. The van der Waals surface area contributed by atoms with E-state index in [2.05, 4.69) is 5.32 Å². The van der Waals surface area contributed by atoms with Crippen LogP contribution in [0, 0.1) is 5.82 Å². The Labute approximate surface area is 127 Å². The Balaban J connectivity index is 2.90. The highest BCUT2D eigenvalue weighted by Crippen LogP contribution is 2.18. The highest BCUT2D eigenvalue weighted by Gasteiger charge is 2.20. The van der Waals surface area contributed by atoms with Crippen LogP contribution in [0.15, 0.2) is 18.2 Å². The first kappa shape index (κ1) is 17.3. The molecule has 0 aliphatic heterocycles. The van der Waals surface area contributed by atoms with Gasteiger partial charge in [-0.15, -0.1) is 0 Å². The van der Waals surface area contributed by atoms with Gasteiger partial charge in [0.25, 0.3) is 0 Å². The maximum Gasteiger partial charge on any atom is 0.337 e. The predicted molar refractivity (Wildman–Crippen MR) is 82.6 cm³/mol. The zero-order valence-corrected chi connectivity index (χ0v) is 13.0. The fourth-order valence-electron chi connectivity index (χ4n) is 1.87. The average Bonchev–Trinajstić information content (AvgIpc) is 2.45. The number of nitrogens with zero attached hydrogens (tertiary/aromatic N) is 1. The van der Waals surface area contributed by atoms with Crippen LogP contribution >= 0.6 is 11.8 Å². The number of carboxylic acids is 1. The summed E-state index contributed by atoms with van der Waals surface area (Å²) in [6.45, 7) is 1.98. The molecular weight excluding hydrogens is 295 g/mol. The van der Waals surface area contributed by atoms with Crippen LogP contribution < -0.4 is 5.32 Å². The molecular formula is C14H19FN2O3S. The number of anilines is 1. The summed E-state index contributed by atoms with van der Waals surface area (Å²) in [4.78, 5) is 24.8. The molecule has 1 unspecified atom stereocenters. The van der Waals surface area contributed by atoms with Crippen LogP contribution in [0.2, 0.25) is 0 Å². The van der Waals surface area contributed by atoms with Crippen LogP contribution in [-0.4, -0.2) is 47.1 Å². The summed E-state index contributed by atoms with van der Waals surface area (Å²) < 4.78 is 13.1. The number of benzene rings is 1. The molecule has 116 valence electrons. The van der Waals surface area contributed by atoms with E-state index >= 15 is 0 Å². The van der Waals surface area contributed by atoms with Crippen molar-refractivity contribution in [3.8, 4) is 0 Å². The lowest BCUT2D eigenvalue weighted by atomic mass is 10.1. The first-order chi connectivity index (χ1) is 9.90. The van der Waals surface area contributed by atoms with Crippen LogP contribution in [0.4, 0.5) is 14.9 Å². The third-order valence-corrected chi connectivity index (χ3v) is 3.87. The summed E-state index contributed by atoms with van der Waals surface area (Å²) in [5.74, 6) is -1.16. The van der Waals surface area contributed by atoms with Crippen LogP contribution in [0.1, 0.15) is 23.7 Å². The summed E-state index contributed by atoms with van der Waals surface area (Å²) >= 11 is 1.63. The minimum atomic E-state index is -1.29. The highest BCUT2D eigenvalue weighted by atomic mass is 32.2. The number of carbonyl (C=O) groups excluding carboxylic acids is 1. The molecule has 0 heterocycles. The number of carboxylic acid groups (broad SMARTS) is 1. The molecule has 0 saturated carbocycles. The largest absolute Gasteiger partial charge is 0.478 e. The van der Waals surface area contributed by atoms with Gasteiger partial charge in [-0.3, -0.25) is 0 Å². The van der Waals surface area contributed by atoms with E-state index in [-0.39, 0.29) is 17.3 Å². The maximum atomic E-state index is 13.1. The van der Waals surface area contributed by atoms with E-state index in [0.717, 1.165) is 24.3 Å². The van der Waals surface area contributed by atoms with Crippen LogP contribution in [-0.2, 0) is 0 Å². The number of aromatic carboxylic acids is 1. The summed E-state index contributed by atoms with van der Waals surface area (Å²) in [5.41, 5.74) is -0.186. The lowest BCUT2D eigenvalue weighted by Gasteiger charge is -2.27. The Morgan fingerprint density at radius 2 is 2.14 bits per heavy atom. The molecule has 5 nitrogen and oxygen atoms in total. The van der Waals surface area contributed by atoms with Crippen molar-refractivity contribution in [1.29, 1.82) is 0 Å². The highest BCUT2D eigenvalue weighted by molar-refractivity contribution is 7.98. The van der Waals surface area contributed by atoms with E-state index in [1.807, 2.05) is 13.2 Å². The second-order valence-electron chi connectivity index (χ2n) is 4.55. The van der Waals surface area contributed by atoms with E-state index in [1.165, 1.54) is 11.0 Å². The first-order valence-corrected chi connectivity index (χ1v) is 7.85. The molecule has 2 amide bonds. The molecule has 0 aliphatic carbocycles. The molecule has 7 heteroatoms. The van der Waals surface area contributed by atoms with Crippen molar-refractivity contribution >= 4 is 29.4 Å². The normalized spacial score (nSPS) is 11.8. The molecule has 0 aliphatic rings. The van der Waals surface area contributed by atoms with Gasteiger partial charge in [0.05, 0.1) is 11.3 Å². The van der Waals surface area contributed by atoms with E-state index in [1.54, 1.807) is 18.8 Å². The van der Waals surface area contributed by atoms with Gasteiger partial charge >= 0.3 is 12.0 Å². The number of rotatable bonds is 6. The third kappa shape index (κ3) is 4.63. The Hall–Kier alpha value is -1.76. The summed E-state index contributed by atoms with van der Waals surface area (Å²) in [6, 6.07) is 2.89. The fraction of sp³-hybridized carbons (Fsp3) is 0.429. The van der Waals surface area contributed by atoms with Gasteiger partial charge in [0.2, 0.25) is 0 Å². The van der Waals surface area contributed by atoms with Gasteiger partial charge in [0.1, 0.15) is 5.82 Å². The molecule has 0 radical (unpaired) electrons. The molecule has 0 fully saturated rings. The molecule has 0 aromatic heterocycles. The molecule has 2 N–H and O–H groups in total. The summed E-state index contributed by atoms with van der Waals surface area (Å²) in [5, 5.41) is 11.6. The van der Waals surface area contributed by atoms with E-state index in [0.29, 0.717) is 0 Å². The van der Waals surface area contributed by atoms with Gasteiger partial charge in [-0.05, 0) is 30.9 Å². The van der Waals surface area contributed by atoms with Gasteiger partial charge in [-0.25, -0.2) is 14.0 Å². The SMILES string of the molecule is CCC(CSC)N(C)C(=O)Nc1ccc(F)cc1C(=O)O. The van der Waals surface area contributed by atoms with E-state index in [9.17, 15) is 14.0 Å². The Kier molecular flexibility index (Phi) is 6.48. The topological polar surface area (TPSA) is 69.6 Å². The van der Waals surface area contributed by atoms with Crippen LogP contribution in [0.5, 0.6) is 0 Å². The Morgan fingerprint density at radius 1 is 1.48 bits per heavy atom. The van der Waals surface area contributed by atoms with Crippen molar-refractivity contribution in [1.82, 2.24) is 4.90 Å². The molecule has 0 bridgehead atoms. The standard InChI is InChI=1S/C14H19FN2O3S/c1-4-10(8-21-3)17(2)14(20)16-12-6-5-9(15)7-11(12)13(18)19/h5-7,10H,4,8H2,1-3H3,(H,16,20)(H,18,19). The summed E-state index contributed by atoms with van der Waals surface area (Å²) in [7, 11) is 1.66. The number of hydrogen-bond acceptors (Lipinski definition) is 3. The minimum Gasteiger partial charge on any atom is -0.478 e. The van der Waals surface area contributed by atoms with Crippen molar-refractivity contribution in [2.45, 2.75) is 19.4 Å². The zero-order valence-electron chi connectivity index (χ0n) is 12.2. The lowest BCUT2D eigenvalue weighted by molar-refractivity contribution is 0.0697. The monoisotopic (exact) mass is 314 g/mol. The minimum absolute atomic E-state index is 0.0497. The lowest BCUT2D eigenvalue weighted by Crippen LogP contribution is -2.41. The molecule has 1 aromatic rings. The van der Waals surface area contributed by atoms with Gasteiger partial charge < -0.3 is 15.3 Å². The van der Waals surface area contributed by atoms with Crippen molar-refractivity contribution < 1.29 is 19.1 Å². The Morgan fingerprint density at radius 3 is 2.67 bits per heavy atom. The predicted octanol–water partition coefficient (Wildman–Crippen LogP) is 3.13. The van der Waals surface area contributed by atoms with Crippen molar-refractivity contribution in [3.05, 3.63) is 29.6 Å². The molecule has 0 saturated heterocycles. The van der Waals surface area contributed by atoms with Crippen LogP contribution in [0.25, 0.3) is 0 Å². The van der Waals surface area contributed by atoms with Gasteiger partial charge in [0, 0.05) is 18.8 Å². The number of urea groups is 1. The molecule has 1 aromatic carbocycles. The fourth-order valence-corrected chi connectivity index (χ4v) is 2.71. The van der Waals surface area contributed by atoms with Crippen LogP contribution in [0.3, 0.4) is 0 Å². The number of thioether (sulfide) groups is 1. The quantitative estimate of drug-likeness (QED) is 0.846. The third-order valence-electron chi connectivity index (χ3n) is 3.15. The number of nitrogens with one attached hydrogen (secondary N) is 1. The van der Waals surface area contributed by atoms with Crippen molar-refractivity contribution in [2.75, 3.05) is 24.4 Å². The molecule has 1 atom stereocenters. The second kappa shape index (κ2) is 7.87. The van der Waals surface area contributed by atoms with Crippen molar-refractivity contribution in [2.24, 2.45) is 0 Å². The smallest absolute Gasteiger partial charge is 0.337 e. The first-order valence-electron chi connectivity index (χ1n) is 6.46. The van der Waals surface area contributed by atoms with Gasteiger partial charge in [-0.1, -0.05) is 6.92 Å². The van der Waals surface area contributed by atoms with Gasteiger partial charge in [-0.2, -0.15) is 11.8 Å². The Bertz CT molecular complexity index is 525. The number of amides is 2. The summed E-state index contributed by atoms with van der Waals surface area (Å²) in [6.07, 6.45) is 2.75. The van der Waals surface area contributed by atoms with E-state index in [4.69, 9.17) is 5.11 Å². The number of hydrogen-bond donors (Lipinski definition) is 2. The van der Waals surface area contributed by atoms with E-state index < -0.39 is 17.8 Å². The average molecular weight is 314 g/mol. The maximum absolute atomic E-state index is 13.1. The molecule has 1 rings (SSSR count).